The topological polar surface area (TPSA) is 90.5 Å². The van der Waals surface area contributed by atoms with Gasteiger partial charge in [0.1, 0.15) is 5.75 Å². The molecule has 6 nitrogen and oxygen atoms in total. The summed E-state index contributed by atoms with van der Waals surface area (Å²) in [7, 11) is -1.96. The zero-order chi connectivity index (χ0) is 20.7. The molecule has 1 unspecified atom stereocenters. The van der Waals surface area contributed by atoms with Gasteiger partial charge in [-0.2, -0.15) is 0 Å². The highest BCUT2D eigenvalue weighted by Crippen LogP contribution is 2.24. The number of carbonyl (C=O) groups is 1. The van der Waals surface area contributed by atoms with Gasteiger partial charge in [-0.1, -0.05) is 46.7 Å². The Hall–Kier alpha value is -3.00. The minimum atomic E-state index is -3.58. The number of hydrogen-bond acceptors (Lipinski definition) is 4. The molecule has 1 atom stereocenters. The summed E-state index contributed by atoms with van der Waals surface area (Å²) < 4.78 is 32.0. The van der Waals surface area contributed by atoms with E-state index < -0.39 is 10.4 Å². The maximum Gasteiger partial charge on any atom is 0.251 e. The fraction of sp³-hybridized carbons (Fsp3) is 0.136. The van der Waals surface area contributed by atoms with Crippen LogP contribution in [0.15, 0.2) is 83.8 Å². The molecule has 0 aliphatic rings. The first kappa shape index (κ1) is 20.7. The molecule has 0 saturated heterocycles. The van der Waals surface area contributed by atoms with E-state index in [1.54, 1.807) is 37.4 Å². The third-order valence-electron chi connectivity index (χ3n) is 4.31. The fourth-order valence-electron chi connectivity index (χ4n) is 2.76. The number of benzene rings is 3. The van der Waals surface area contributed by atoms with Crippen LogP contribution in [-0.2, 0) is 14.6 Å². The van der Waals surface area contributed by atoms with Crippen LogP contribution in [0.25, 0.3) is 11.1 Å². The van der Waals surface area contributed by atoms with E-state index in [0.29, 0.717) is 5.56 Å². The molecule has 150 valence electrons. The second kappa shape index (κ2) is 9.47. The highest BCUT2D eigenvalue weighted by molar-refractivity contribution is 7.95. The molecular formula is C22H22N2O4S. The number of sulfonamides is 1. The zero-order valence-electron chi connectivity index (χ0n) is 16.0. The molecule has 3 aromatic rings. The van der Waals surface area contributed by atoms with E-state index >= 15 is 0 Å². The van der Waals surface area contributed by atoms with Gasteiger partial charge in [-0.05, 0) is 47.5 Å². The van der Waals surface area contributed by atoms with Gasteiger partial charge in [-0.25, -0.2) is 0 Å². The summed E-state index contributed by atoms with van der Waals surface area (Å²) in [6.07, 6.45) is 0. The van der Waals surface area contributed by atoms with Crippen molar-refractivity contribution in [3.05, 3.63) is 84.4 Å². The van der Waals surface area contributed by atoms with Crippen LogP contribution in [-0.4, -0.2) is 30.7 Å². The van der Waals surface area contributed by atoms with E-state index in [-0.39, 0.29) is 23.9 Å². The monoisotopic (exact) mass is 410 g/mol. The summed E-state index contributed by atoms with van der Waals surface area (Å²) in [4.78, 5) is 12.5. The third-order valence-corrected chi connectivity index (χ3v) is 5.78. The highest BCUT2D eigenvalue weighted by Gasteiger charge is 2.18. The lowest BCUT2D eigenvalue weighted by molar-refractivity contribution is 0.0954. The van der Waals surface area contributed by atoms with Crippen molar-refractivity contribution >= 4 is 16.3 Å². The zero-order valence-corrected chi connectivity index (χ0v) is 16.8. The standard InChI is InChI=1S/C22H22N2O4S/c1-28-20-7-5-6-19(16-20)17-10-12-18(13-11-17)22(25)23-14-15-24-29(26,27)21-8-3-2-4-9-21/h2-13,16H,14-15H2,1H3,(H2-,23,24,25,26,27). The minimum Gasteiger partial charge on any atom is -0.593 e. The Morgan fingerprint density at radius 2 is 1.66 bits per heavy atom. The molecule has 0 spiro atoms. The number of amides is 1. The smallest absolute Gasteiger partial charge is 0.251 e. The predicted octanol–water partition coefficient (Wildman–Crippen LogP) is 3.29. The van der Waals surface area contributed by atoms with Crippen molar-refractivity contribution in [1.82, 2.24) is 10.0 Å². The van der Waals surface area contributed by atoms with Crippen LogP contribution in [0.2, 0.25) is 0 Å². The van der Waals surface area contributed by atoms with Crippen LogP contribution in [0.4, 0.5) is 0 Å². The lowest BCUT2D eigenvalue weighted by atomic mass is 10.0. The summed E-state index contributed by atoms with van der Waals surface area (Å²) in [6, 6.07) is 23.0. The van der Waals surface area contributed by atoms with Crippen molar-refractivity contribution in [2.24, 2.45) is 0 Å². The van der Waals surface area contributed by atoms with E-state index in [1.807, 2.05) is 36.4 Å². The molecular weight excluding hydrogens is 388 g/mol. The summed E-state index contributed by atoms with van der Waals surface area (Å²) in [5.74, 6) is 0.503. The van der Waals surface area contributed by atoms with Gasteiger partial charge in [-0.3, -0.25) is 4.79 Å². The lowest BCUT2D eigenvalue weighted by Crippen LogP contribution is -2.37. The van der Waals surface area contributed by atoms with Crippen LogP contribution in [0, 0.1) is 0 Å². The summed E-state index contributed by atoms with van der Waals surface area (Å²) in [6.45, 7) is 0.285. The molecule has 0 saturated carbocycles. The van der Waals surface area contributed by atoms with Gasteiger partial charge in [0.2, 0.25) is 0 Å². The molecule has 1 amide bonds. The number of hydrogen-bond donors (Lipinski definition) is 2. The summed E-state index contributed by atoms with van der Waals surface area (Å²) in [5.41, 5.74) is 2.46. The van der Waals surface area contributed by atoms with Crippen LogP contribution in [0.1, 0.15) is 10.4 Å². The first-order chi connectivity index (χ1) is 14.0. The molecule has 0 aromatic heterocycles. The van der Waals surface area contributed by atoms with Crippen LogP contribution in [0.5, 0.6) is 5.75 Å². The minimum absolute atomic E-state index is 0.102. The molecule has 7 heteroatoms. The van der Waals surface area contributed by atoms with E-state index in [4.69, 9.17) is 4.74 Å². The van der Waals surface area contributed by atoms with Gasteiger partial charge in [-0.15, -0.1) is 4.72 Å². The molecule has 0 radical (unpaired) electrons. The van der Waals surface area contributed by atoms with Crippen molar-refractivity contribution in [1.29, 1.82) is 0 Å². The Morgan fingerprint density at radius 1 is 0.931 bits per heavy atom. The molecule has 0 fully saturated rings. The number of ether oxygens (including phenoxy) is 1. The molecule has 3 aromatic carbocycles. The number of carbonyl (C=O) groups excluding carboxylic acids is 1. The molecule has 29 heavy (non-hydrogen) atoms. The van der Waals surface area contributed by atoms with E-state index in [1.165, 1.54) is 12.1 Å². The van der Waals surface area contributed by atoms with Gasteiger partial charge in [0, 0.05) is 12.1 Å². The van der Waals surface area contributed by atoms with Crippen molar-refractivity contribution in [3.63, 3.8) is 0 Å². The van der Waals surface area contributed by atoms with Gasteiger partial charge >= 0.3 is 0 Å². The Balaban J connectivity index is 1.53. The first-order valence-electron chi connectivity index (χ1n) is 9.07. The van der Waals surface area contributed by atoms with Gasteiger partial charge in [0.15, 0.2) is 15.3 Å². The summed E-state index contributed by atoms with van der Waals surface area (Å²) in [5, 5.41) is 2.71. The maximum atomic E-state index is 12.3. The largest absolute Gasteiger partial charge is 0.593 e. The Morgan fingerprint density at radius 3 is 2.34 bits per heavy atom. The van der Waals surface area contributed by atoms with Crippen molar-refractivity contribution < 1.29 is 18.3 Å². The molecule has 0 aliphatic carbocycles. The average molecular weight is 410 g/mol. The highest BCUT2D eigenvalue weighted by atomic mass is 32.3. The lowest BCUT2D eigenvalue weighted by Gasteiger charge is -2.15. The SMILES string of the molecule is COc1cccc(-c2ccc(C(=O)NCCN[S+](=O)([O-])c3ccccc3)cc2)c1. The average Bonchev–Trinajstić information content (AvgIpc) is 2.77. The molecule has 0 aliphatic heterocycles. The van der Waals surface area contributed by atoms with Crippen LogP contribution < -0.4 is 14.8 Å². The Kier molecular flexibility index (Phi) is 6.77. The third kappa shape index (κ3) is 5.51. The van der Waals surface area contributed by atoms with Crippen molar-refractivity contribution in [3.8, 4) is 16.9 Å². The van der Waals surface area contributed by atoms with Crippen molar-refractivity contribution in [2.45, 2.75) is 4.90 Å². The molecule has 2 N–H and O–H groups in total. The van der Waals surface area contributed by atoms with E-state index in [9.17, 15) is 13.6 Å². The van der Waals surface area contributed by atoms with Crippen molar-refractivity contribution in [2.75, 3.05) is 20.2 Å². The number of rotatable bonds is 8. The van der Waals surface area contributed by atoms with Crippen LogP contribution in [0.3, 0.4) is 0 Å². The molecule has 0 bridgehead atoms. The van der Waals surface area contributed by atoms with E-state index in [0.717, 1.165) is 16.9 Å². The van der Waals surface area contributed by atoms with Gasteiger partial charge in [0.05, 0.1) is 13.7 Å². The maximum absolute atomic E-state index is 12.3. The second-order valence-corrected chi connectivity index (χ2v) is 8.04. The van der Waals surface area contributed by atoms with Gasteiger partial charge in [0.25, 0.3) is 5.91 Å². The van der Waals surface area contributed by atoms with Gasteiger partial charge < -0.3 is 14.6 Å². The molecule has 0 heterocycles. The Bertz CT molecular complexity index is 1010. The first-order valence-corrected chi connectivity index (χ1v) is 10.6. The Labute approximate surface area is 171 Å². The summed E-state index contributed by atoms with van der Waals surface area (Å²) >= 11 is 0. The molecule has 3 rings (SSSR count). The quantitative estimate of drug-likeness (QED) is 0.440. The van der Waals surface area contributed by atoms with Crippen LogP contribution >= 0.6 is 0 Å². The fourth-order valence-corrected chi connectivity index (χ4v) is 3.82. The normalized spacial score (nSPS) is 12.8. The second-order valence-electron chi connectivity index (χ2n) is 6.28. The van der Waals surface area contributed by atoms with E-state index in [2.05, 4.69) is 10.0 Å². The number of nitrogens with one attached hydrogen (secondary N) is 2. The number of methoxy groups -OCH3 is 1. The predicted molar refractivity (Wildman–Crippen MR) is 112 cm³/mol.